The molecule has 5 N–H and O–H groups in total. The summed E-state index contributed by atoms with van der Waals surface area (Å²) >= 11 is 0. The van der Waals surface area contributed by atoms with Crippen molar-refractivity contribution in [2.45, 2.75) is 69.4 Å². The predicted molar refractivity (Wildman–Crippen MR) is 127 cm³/mol. The lowest BCUT2D eigenvalue weighted by atomic mass is 9.93. The number of rotatable bonds is 13. The van der Waals surface area contributed by atoms with E-state index in [9.17, 15) is 27.9 Å². The number of benzene rings is 1. The van der Waals surface area contributed by atoms with Crippen molar-refractivity contribution >= 4 is 27.8 Å². The minimum atomic E-state index is -4.08. The van der Waals surface area contributed by atoms with Crippen molar-refractivity contribution < 1.29 is 27.9 Å². The predicted octanol–water partition coefficient (Wildman–Crippen LogP) is 1.29. The highest BCUT2D eigenvalue weighted by Gasteiger charge is 2.26. The molecule has 11 heteroatoms. The van der Waals surface area contributed by atoms with Crippen LogP contribution in [-0.2, 0) is 24.4 Å². The number of piperidine rings is 1. The first-order chi connectivity index (χ1) is 16.1. The lowest BCUT2D eigenvalue weighted by Gasteiger charge is -2.22. The summed E-state index contributed by atoms with van der Waals surface area (Å²) in [5, 5.41) is 17.6. The van der Waals surface area contributed by atoms with E-state index in [0.29, 0.717) is 17.9 Å². The van der Waals surface area contributed by atoms with Crippen LogP contribution in [-0.4, -0.2) is 57.1 Å². The zero-order valence-electron chi connectivity index (χ0n) is 19.8. The van der Waals surface area contributed by atoms with Crippen LogP contribution in [0.3, 0.4) is 0 Å². The number of carboxylic acid groups (broad SMARTS) is 1. The van der Waals surface area contributed by atoms with E-state index >= 15 is 0 Å². The zero-order valence-corrected chi connectivity index (χ0v) is 20.6. The molecule has 1 heterocycles. The Morgan fingerprint density at radius 3 is 2.41 bits per heavy atom. The van der Waals surface area contributed by atoms with E-state index in [-0.39, 0.29) is 29.7 Å². The molecule has 1 aliphatic heterocycles. The normalized spacial score (nSPS) is 15.6. The van der Waals surface area contributed by atoms with E-state index in [4.69, 9.17) is 0 Å². The van der Waals surface area contributed by atoms with Gasteiger partial charge in [0.2, 0.25) is 21.8 Å². The van der Waals surface area contributed by atoms with Gasteiger partial charge in [-0.1, -0.05) is 32.0 Å². The van der Waals surface area contributed by atoms with Crippen molar-refractivity contribution in [3.63, 3.8) is 0 Å². The molecule has 1 atom stereocenters. The third kappa shape index (κ3) is 9.40. The van der Waals surface area contributed by atoms with Gasteiger partial charge in [0.25, 0.3) is 0 Å². The third-order valence-corrected chi connectivity index (χ3v) is 7.30. The van der Waals surface area contributed by atoms with E-state index in [2.05, 4.69) is 20.7 Å². The number of nitrogens with one attached hydrogen (secondary N) is 4. The summed E-state index contributed by atoms with van der Waals surface area (Å²) in [6.45, 7) is 5.73. The molecule has 2 amide bonds. The lowest BCUT2D eigenvalue weighted by molar-refractivity contribution is -0.137. The minimum Gasteiger partial charge on any atom is -0.481 e. The number of hydrogen-bond donors (Lipinski definition) is 5. The number of hydrogen-bond acceptors (Lipinski definition) is 6. The van der Waals surface area contributed by atoms with Crippen LogP contribution in [0.1, 0.15) is 63.9 Å². The molecule has 0 spiro atoms. The van der Waals surface area contributed by atoms with E-state index in [1.54, 1.807) is 18.2 Å². The molecular weight excluding hydrogens is 460 g/mol. The van der Waals surface area contributed by atoms with Crippen molar-refractivity contribution in [3.05, 3.63) is 29.8 Å². The Morgan fingerprint density at radius 1 is 1.09 bits per heavy atom. The van der Waals surface area contributed by atoms with Gasteiger partial charge in [0, 0.05) is 19.4 Å². The number of carboxylic acids is 1. The molecule has 0 aromatic heterocycles. The van der Waals surface area contributed by atoms with Crippen LogP contribution >= 0.6 is 0 Å². The van der Waals surface area contributed by atoms with Gasteiger partial charge in [-0.15, -0.1) is 0 Å². The highest BCUT2D eigenvalue weighted by atomic mass is 32.2. The number of aliphatic carboxylic acids is 1. The smallest absolute Gasteiger partial charge is 0.306 e. The number of sulfonamides is 1. The summed E-state index contributed by atoms with van der Waals surface area (Å²) in [6, 6.07) is 6.44. The summed E-state index contributed by atoms with van der Waals surface area (Å²) in [7, 11) is -4.08. The maximum Gasteiger partial charge on any atom is 0.306 e. The molecule has 2 rings (SSSR count). The summed E-state index contributed by atoms with van der Waals surface area (Å²) < 4.78 is 28.1. The summed E-state index contributed by atoms with van der Waals surface area (Å²) in [5.41, 5.74) is 0.586. The van der Waals surface area contributed by atoms with Crippen LogP contribution in [0.4, 0.5) is 0 Å². The van der Waals surface area contributed by atoms with Gasteiger partial charge in [-0.25, -0.2) is 8.42 Å². The lowest BCUT2D eigenvalue weighted by Crippen LogP contribution is -2.49. The molecule has 1 fully saturated rings. The van der Waals surface area contributed by atoms with Crippen LogP contribution in [0.2, 0.25) is 0 Å². The molecule has 1 aromatic carbocycles. The fraction of sp³-hybridized carbons (Fsp3) is 0.609. The van der Waals surface area contributed by atoms with Gasteiger partial charge in [-0.3, -0.25) is 14.4 Å². The molecular formula is C23H36N4O6S. The Labute approximate surface area is 201 Å². The quantitative estimate of drug-likeness (QED) is 0.258. The topological polar surface area (TPSA) is 154 Å². The van der Waals surface area contributed by atoms with Crippen LogP contribution in [0, 0.1) is 5.92 Å². The second kappa shape index (κ2) is 13.4. The third-order valence-electron chi connectivity index (χ3n) is 5.75. The van der Waals surface area contributed by atoms with Crippen molar-refractivity contribution in [2.24, 2.45) is 5.92 Å². The van der Waals surface area contributed by atoms with Crippen LogP contribution in [0.25, 0.3) is 0 Å². The van der Waals surface area contributed by atoms with Crippen LogP contribution in [0.15, 0.2) is 29.2 Å². The highest BCUT2D eigenvalue weighted by molar-refractivity contribution is 7.89. The standard InChI is InChI=1S/C23H36N4O6S/c1-16(2)18-5-3-4-6-19(18)34(32,33)27-20(15-23(30)31)26-22(29)11-14-25-21(28)8-7-17-9-12-24-13-10-17/h3-6,16-17,20,24,27H,7-15H2,1-2H3,(H,25,28)(H,26,29)(H,30,31). The Kier molecular flexibility index (Phi) is 10.9. The SMILES string of the molecule is CC(C)c1ccccc1S(=O)(=O)NC(CC(=O)O)NC(=O)CCNC(=O)CCC1CCNCC1. The maximum atomic E-state index is 12.9. The maximum absolute atomic E-state index is 12.9. The van der Waals surface area contributed by atoms with E-state index in [0.717, 1.165) is 32.4 Å². The molecule has 1 aliphatic rings. The van der Waals surface area contributed by atoms with Crippen LogP contribution in [0.5, 0.6) is 0 Å². The fourth-order valence-electron chi connectivity index (χ4n) is 3.93. The van der Waals surface area contributed by atoms with Gasteiger partial charge in [-0.05, 0) is 55.8 Å². The zero-order chi connectivity index (χ0) is 25.1. The van der Waals surface area contributed by atoms with Gasteiger partial charge in [0.05, 0.1) is 11.3 Å². The molecule has 0 radical (unpaired) electrons. The number of amides is 2. The highest BCUT2D eigenvalue weighted by Crippen LogP contribution is 2.23. The van der Waals surface area contributed by atoms with Gasteiger partial charge in [-0.2, -0.15) is 4.72 Å². The van der Waals surface area contributed by atoms with Crippen molar-refractivity contribution in [2.75, 3.05) is 19.6 Å². The van der Waals surface area contributed by atoms with Crippen molar-refractivity contribution in [1.29, 1.82) is 0 Å². The molecule has 1 unspecified atom stereocenters. The Morgan fingerprint density at radius 2 is 1.76 bits per heavy atom. The number of carbonyl (C=O) groups is 3. The monoisotopic (exact) mass is 496 g/mol. The summed E-state index contributed by atoms with van der Waals surface area (Å²) in [5.74, 6) is -1.51. The van der Waals surface area contributed by atoms with Gasteiger partial charge < -0.3 is 21.1 Å². The Hall–Kier alpha value is -2.50. The first-order valence-corrected chi connectivity index (χ1v) is 13.2. The van der Waals surface area contributed by atoms with Gasteiger partial charge in [0.15, 0.2) is 0 Å². The van der Waals surface area contributed by atoms with Crippen molar-refractivity contribution in [1.82, 2.24) is 20.7 Å². The first-order valence-electron chi connectivity index (χ1n) is 11.7. The minimum absolute atomic E-state index is 0.0376. The molecule has 0 saturated carbocycles. The van der Waals surface area contributed by atoms with Gasteiger partial charge in [0.1, 0.15) is 6.17 Å². The van der Waals surface area contributed by atoms with E-state index in [1.165, 1.54) is 6.07 Å². The van der Waals surface area contributed by atoms with Crippen LogP contribution < -0.4 is 20.7 Å². The molecule has 1 aromatic rings. The second-order valence-electron chi connectivity index (χ2n) is 8.86. The molecule has 0 aliphatic carbocycles. The van der Waals surface area contributed by atoms with E-state index in [1.807, 2.05) is 13.8 Å². The fourth-order valence-corrected chi connectivity index (χ4v) is 5.44. The second-order valence-corrected chi connectivity index (χ2v) is 10.5. The summed E-state index contributed by atoms with van der Waals surface area (Å²) in [6.07, 6.45) is 1.25. The van der Waals surface area contributed by atoms with Crippen molar-refractivity contribution in [3.8, 4) is 0 Å². The Balaban J connectivity index is 1.87. The number of carbonyl (C=O) groups excluding carboxylic acids is 2. The molecule has 190 valence electrons. The largest absolute Gasteiger partial charge is 0.481 e. The van der Waals surface area contributed by atoms with Gasteiger partial charge >= 0.3 is 5.97 Å². The first kappa shape index (κ1) is 27.7. The average Bonchev–Trinajstić information content (AvgIpc) is 2.77. The molecule has 1 saturated heterocycles. The van der Waals surface area contributed by atoms with E-state index < -0.39 is 34.5 Å². The Bertz CT molecular complexity index is 945. The average molecular weight is 497 g/mol. The summed E-state index contributed by atoms with van der Waals surface area (Å²) in [4.78, 5) is 35.6. The molecule has 0 bridgehead atoms. The molecule has 34 heavy (non-hydrogen) atoms. The molecule has 10 nitrogen and oxygen atoms in total.